The molecule has 6 atom stereocenters. The molecule has 2 aromatic carbocycles. The van der Waals surface area contributed by atoms with Gasteiger partial charge in [0.25, 0.3) is 5.91 Å². The van der Waals surface area contributed by atoms with Crippen LogP contribution in [0.5, 0.6) is 0 Å². The summed E-state index contributed by atoms with van der Waals surface area (Å²) in [4.78, 5) is 53.1. The van der Waals surface area contributed by atoms with Crippen LogP contribution >= 0.6 is 0 Å². The van der Waals surface area contributed by atoms with Crippen LogP contribution in [0, 0.1) is 35.5 Å². The van der Waals surface area contributed by atoms with Gasteiger partial charge in [-0.1, -0.05) is 31.6 Å². The fraction of sp³-hybridized carbons (Fsp3) is 0.379. The molecule has 7 heteroatoms. The number of rotatable bonds is 7. The number of carbonyl (C=O) groups excluding carboxylic acids is 4. The van der Waals surface area contributed by atoms with E-state index in [9.17, 15) is 19.2 Å². The summed E-state index contributed by atoms with van der Waals surface area (Å²) in [6.07, 6.45) is 7.17. The van der Waals surface area contributed by atoms with Crippen molar-refractivity contribution in [3.8, 4) is 0 Å². The van der Waals surface area contributed by atoms with Crippen LogP contribution in [0.15, 0.2) is 60.7 Å². The lowest BCUT2D eigenvalue weighted by Crippen LogP contribution is -2.40. The Hall–Kier alpha value is -3.74. The standard InChI is InChI=1S/C29H28N2O5/c1-2-3-13-36-29(35)16-7-9-18(10-8-16)30-26(32)17-5-4-6-19(14-17)31-27(33)24-20-11-12-21(23-15-22(20)23)25(24)28(31)34/h4-12,14,20-25H,2-3,13,15H2,1H3,(H,30,32)/t20-,21+,22-,23-,24+,25+/m1/s1. The molecule has 5 aliphatic rings. The van der Waals surface area contributed by atoms with Gasteiger partial charge in [-0.15, -0.1) is 0 Å². The maximum atomic E-state index is 13.4. The summed E-state index contributed by atoms with van der Waals surface area (Å²) in [6, 6.07) is 13.1. The number of nitrogens with one attached hydrogen (secondary N) is 1. The Morgan fingerprint density at radius 3 is 2.25 bits per heavy atom. The molecule has 36 heavy (non-hydrogen) atoms. The van der Waals surface area contributed by atoms with Crippen LogP contribution in [0.2, 0.25) is 0 Å². The van der Waals surface area contributed by atoms with E-state index in [-0.39, 0.29) is 41.4 Å². The van der Waals surface area contributed by atoms with Crippen molar-refractivity contribution in [3.05, 3.63) is 71.8 Å². The third kappa shape index (κ3) is 3.65. The number of allylic oxidation sites excluding steroid dienone is 2. The predicted molar refractivity (Wildman–Crippen MR) is 133 cm³/mol. The van der Waals surface area contributed by atoms with E-state index in [0.29, 0.717) is 40.9 Å². The molecule has 184 valence electrons. The lowest BCUT2D eigenvalue weighted by atomic mass is 9.63. The predicted octanol–water partition coefficient (Wildman–Crippen LogP) is 4.45. The average Bonchev–Trinajstić information content (AvgIpc) is 3.67. The van der Waals surface area contributed by atoms with E-state index in [2.05, 4.69) is 17.5 Å². The monoisotopic (exact) mass is 484 g/mol. The van der Waals surface area contributed by atoms with Gasteiger partial charge in [0.15, 0.2) is 0 Å². The number of carbonyl (C=O) groups is 4. The van der Waals surface area contributed by atoms with Gasteiger partial charge in [0.05, 0.1) is 29.7 Å². The highest BCUT2D eigenvalue weighted by atomic mass is 16.5. The molecule has 4 aliphatic carbocycles. The van der Waals surface area contributed by atoms with E-state index < -0.39 is 5.97 Å². The molecule has 3 fully saturated rings. The Morgan fingerprint density at radius 1 is 0.944 bits per heavy atom. The minimum absolute atomic E-state index is 0.145. The first-order chi connectivity index (χ1) is 17.5. The molecular formula is C29H28N2O5. The van der Waals surface area contributed by atoms with Gasteiger partial charge in [0.2, 0.25) is 11.8 Å². The molecule has 0 spiro atoms. The van der Waals surface area contributed by atoms with Crippen LogP contribution in [-0.2, 0) is 14.3 Å². The van der Waals surface area contributed by atoms with Gasteiger partial charge in [-0.25, -0.2) is 9.69 Å². The van der Waals surface area contributed by atoms with E-state index in [1.807, 2.05) is 6.92 Å². The first-order valence-corrected chi connectivity index (χ1v) is 12.7. The minimum atomic E-state index is -0.393. The van der Waals surface area contributed by atoms with E-state index >= 15 is 0 Å². The van der Waals surface area contributed by atoms with Crippen molar-refractivity contribution in [2.45, 2.75) is 26.2 Å². The van der Waals surface area contributed by atoms with Crippen LogP contribution < -0.4 is 10.2 Å². The van der Waals surface area contributed by atoms with Crippen molar-refractivity contribution in [1.82, 2.24) is 0 Å². The second-order valence-electron chi connectivity index (χ2n) is 10.2. The molecule has 1 N–H and O–H groups in total. The van der Waals surface area contributed by atoms with Gasteiger partial charge < -0.3 is 10.1 Å². The van der Waals surface area contributed by atoms with E-state index in [0.717, 1.165) is 19.3 Å². The second kappa shape index (κ2) is 8.73. The van der Waals surface area contributed by atoms with Crippen molar-refractivity contribution in [2.75, 3.05) is 16.8 Å². The molecule has 7 rings (SSSR count). The Labute approximate surface area is 209 Å². The summed E-state index contributed by atoms with van der Waals surface area (Å²) in [5, 5.41) is 2.81. The molecule has 2 aromatic rings. The van der Waals surface area contributed by atoms with Crippen LogP contribution in [0.1, 0.15) is 46.9 Å². The van der Waals surface area contributed by atoms with Crippen molar-refractivity contribution in [1.29, 1.82) is 0 Å². The number of anilines is 2. The van der Waals surface area contributed by atoms with Crippen LogP contribution in [0.4, 0.5) is 11.4 Å². The van der Waals surface area contributed by atoms with Crippen LogP contribution in [0.25, 0.3) is 0 Å². The SMILES string of the molecule is CCCCOC(=O)c1ccc(NC(=O)c2cccc(N3C(=O)[C@H]4[C@@H]5C=C[C@@H]([C@H]6C[C@H]56)[C@@H]4C3=O)c2)cc1. The van der Waals surface area contributed by atoms with Gasteiger partial charge in [-0.2, -0.15) is 0 Å². The molecule has 0 aromatic heterocycles. The van der Waals surface area contributed by atoms with Gasteiger partial charge in [-0.3, -0.25) is 14.4 Å². The Balaban J connectivity index is 1.15. The highest BCUT2D eigenvalue weighted by molar-refractivity contribution is 6.23. The number of nitrogens with zero attached hydrogens (tertiary/aromatic N) is 1. The van der Waals surface area contributed by atoms with E-state index in [4.69, 9.17) is 4.74 Å². The summed E-state index contributed by atoms with van der Waals surface area (Å²) in [7, 11) is 0. The first kappa shape index (κ1) is 22.7. The zero-order valence-electron chi connectivity index (χ0n) is 20.1. The van der Waals surface area contributed by atoms with E-state index in [1.165, 1.54) is 4.90 Å². The molecule has 3 amide bonds. The van der Waals surface area contributed by atoms with E-state index in [1.54, 1.807) is 48.5 Å². The largest absolute Gasteiger partial charge is 0.462 e. The van der Waals surface area contributed by atoms with Crippen molar-refractivity contribution < 1.29 is 23.9 Å². The maximum absolute atomic E-state index is 13.4. The fourth-order valence-corrected chi connectivity index (χ4v) is 6.28. The number of imide groups is 1. The van der Waals surface area contributed by atoms with Gasteiger partial charge in [0, 0.05) is 11.3 Å². The smallest absolute Gasteiger partial charge is 0.338 e. The van der Waals surface area contributed by atoms with Gasteiger partial charge in [-0.05, 0) is 79.0 Å². The number of esters is 1. The Morgan fingerprint density at radius 2 is 1.61 bits per heavy atom. The average molecular weight is 485 g/mol. The Kier molecular flexibility index (Phi) is 5.51. The molecule has 1 aliphatic heterocycles. The number of amides is 3. The fourth-order valence-electron chi connectivity index (χ4n) is 6.28. The van der Waals surface area contributed by atoms with Gasteiger partial charge in [0.1, 0.15) is 0 Å². The molecule has 7 nitrogen and oxygen atoms in total. The summed E-state index contributed by atoms with van der Waals surface area (Å²) < 4.78 is 5.21. The zero-order chi connectivity index (χ0) is 25.0. The number of benzene rings is 2. The molecule has 0 radical (unpaired) electrons. The zero-order valence-corrected chi connectivity index (χ0v) is 20.1. The second-order valence-corrected chi connectivity index (χ2v) is 10.2. The minimum Gasteiger partial charge on any atom is -0.462 e. The van der Waals surface area contributed by atoms with Gasteiger partial charge >= 0.3 is 5.97 Å². The quantitative estimate of drug-likeness (QED) is 0.271. The molecular weight excluding hydrogens is 456 g/mol. The summed E-state index contributed by atoms with van der Waals surface area (Å²) in [5.41, 5.74) is 1.72. The molecule has 1 saturated heterocycles. The van der Waals surface area contributed by atoms with Crippen molar-refractivity contribution in [2.24, 2.45) is 35.5 Å². The highest BCUT2D eigenvalue weighted by Crippen LogP contribution is 2.65. The molecule has 0 unspecified atom stereocenters. The van der Waals surface area contributed by atoms with Crippen molar-refractivity contribution >= 4 is 35.1 Å². The summed E-state index contributed by atoms with van der Waals surface area (Å²) in [5.74, 6) is -0.205. The maximum Gasteiger partial charge on any atom is 0.338 e. The lowest BCUT2D eigenvalue weighted by Gasteiger charge is -2.37. The number of unbranched alkanes of at least 4 members (excludes halogenated alkanes) is 1. The molecule has 2 bridgehead atoms. The number of hydrogen-bond donors (Lipinski definition) is 1. The molecule has 2 saturated carbocycles. The Bertz CT molecular complexity index is 1250. The highest BCUT2D eigenvalue weighted by Gasteiger charge is 2.67. The summed E-state index contributed by atoms with van der Waals surface area (Å²) >= 11 is 0. The molecule has 1 heterocycles. The van der Waals surface area contributed by atoms with Crippen LogP contribution in [0.3, 0.4) is 0 Å². The third-order valence-corrected chi connectivity index (χ3v) is 8.14. The first-order valence-electron chi connectivity index (χ1n) is 12.7. The third-order valence-electron chi connectivity index (χ3n) is 8.14. The topological polar surface area (TPSA) is 92.8 Å². The summed E-state index contributed by atoms with van der Waals surface area (Å²) in [6.45, 7) is 2.41. The normalized spacial score (nSPS) is 29.1. The lowest BCUT2D eigenvalue weighted by molar-refractivity contribution is -0.124. The van der Waals surface area contributed by atoms with Crippen LogP contribution in [-0.4, -0.2) is 30.3 Å². The van der Waals surface area contributed by atoms with Crippen molar-refractivity contribution in [3.63, 3.8) is 0 Å². The number of ether oxygens (including phenoxy) is 1. The number of hydrogen-bond acceptors (Lipinski definition) is 5.